The van der Waals surface area contributed by atoms with Gasteiger partial charge in [0.05, 0.1) is 4.92 Å². The fourth-order valence-corrected chi connectivity index (χ4v) is 3.17. The fraction of sp³-hybridized carbons (Fsp3) is 0.529. The molecule has 0 unspecified atom stereocenters. The van der Waals surface area contributed by atoms with Gasteiger partial charge in [-0.25, -0.2) is 0 Å². The molecule has 8 heteroatoms. The lowest BCUT2D eigenvalue weighted by Gasteiger charge is -2.37. The molecular weight excluding hydrogens is 342 g/mol. The quantitative estimate of drug-likeness (QED) is 0.467. The smallest absolute Gasteiger partial charge is 0.282 e. The van der Waals surface area contributed by atoms with E-state index in [1.54, 1.807) is 21.9 Å². The number of benzene rings is 1. The molecule has 0 atom stereocenters. The number of hydrogen-bond donors (Lipinski definition) is 0. The Morgan fingerprint density at radius 2 is 1.68 bits per heavy atom. The monoisotopic (exact) mass is 365 g/mol. The van der Waals surface area contributed by atoms with Gasteiger partial charge in [0.1, 0.15) is 5.56 Å². The molecule has 1 fully saturated rings. The largest absolute Gasteiger partial charge is 0.339 e. The lowest BCUT2D eigenvalue weighted by Crippen LogP contribution is -2.53. The van der Waals surface area contributed by atoms with E-state index in [-0.39, 0.29) is 23.1 Å². The number of nitrogens with zero attached hydrogens (tertiary/aromatic N) is 3. The van der Waals surface area contributed by atoms with Crippen LogP contribution in [0.15, 0.2) is 23.1 Å². The molecule has 136 valence electrons. The zero-order valence-electron chi connectivity index (χ0n) is 14.9. The molecule has 1 aliphatic rings. The van der Waals surface area contributed by atoms with Crippen molar-refractivity contribution >= 4 is 29.3 Å². The molecule has 0 bridgehead atoms. The Morgan fingerprint density at radius 1 is 1.12 bits per heavy atom. The van der Waals surface area contributed by atoms with Crippen molar-refractivity contribution in [2.24, 2.45) is 5.41 Å². The van der Waals surface area contributed by atoms with E-state index in [9.17, 15) is 19.7 Å². The molecule has 1 aromatic carbocycles. The lowest BCUT2D eigenvalue weighted by molar-refractivity contribution is -0.385. The van der Waals surface area contributed by atoms with Gasteiger partial charge in [-0.05, 0) is 18.4 Å². The van der Waals surface area contributed by atoms with Crippen LogP contribution >= 0.6 is 11.8 Å². The van der Waals surface area contributed by atoms with Gasteiger partial charge in [-0.3, -0.25) is 19.7 Å². The maximum absolute atomic E-state index is 12.8. The Labute approximate surface area is 151 Å². The molecule has 0 saturated carbocycles. The predicted molar refractivity (Wildman–Crippen MR) is 96.8 cm³/mol. The normalized spacial score (nSPS) is 15.2. The van der Waals surface area contributed by atoms with Gasteiger partial charge in [-0.1, -0.05) is 20.8 Å². The van der Waals surface area contributed by atoms with Crippen LogP contribution in [0, 0.1) is 15.5 Å². The number of nitro benzene ring substituents is 1. The number of carbonyl (C=O) groups is 2. The van der Waals surface area contributed by atoms with Crippen molar-refractivity contribution in [2.45, 2.75) is 25.7 Å². The SMILES string of the molecule is CSc1ccc([N+](=O)[O-])c(C(=O)N2CCN(C(=O)C(C)(C)C)CC2)c1. The van der Waals surface area contributed by atoms with Crippen molar-refractivity contribution in [3.05, 3.63) is 33.9 Å². The van der Waals surface area contributed by atoms with Crippen molar-refractivity contribution in [3.8, 4) is 0 Å². The van der Waals surface area contributed by atoms with E-state index >= 15 is 0 Å². The standard InChI is InChI=1S/C17H23N3O4S/c1-17(2,3)16(22)19-9-7-18(8-10-19)15(21)13-11-12(25-4)5-6-14(13)20(23)24/h5-6,11H,7-10H2,1-4H3. The molecule has 25 heavy (non-hydrogen) atoms. The Balaban J connectivity index is 2.15. The van der Waals surface area contributed by atoms with E-state index in [1.807, 2.05) is 27.0 Å². The zero-order valence-corrected chi connectivity index (χ0v) is 15.8. The van der Waals surface area contributed by atoms with Crippen LogP contribution in [0.3, 0.4) is 0 Å². The first-order valence-corrected chi connectivity index (χ1v) is 9.28. The number of rotatable bonds is 3. The fourth-order valence-electron chi connectivity index (χ4n) is 2.73. The second kappa shape index (κ2) is 7.43. The summed E-state index contributed by atoms with van der Waals surface area (Å²) in [6.07, 6.45) is 1.85. The summed E-state index contributed by atoms with van der Waals surface area (Å²) in [7, 11) is 0. The molecule has 7 nitrogen and oxygen atoms in total. The third kappa shape index (κ3) is 4.31. The van der Waals surface area contributed by atoms with Crippen LogP contribution in [0.5, 0.6) is 0 Å². The van der Waals surface area contributed by atoms with Gasteiger partial charge in [0, 0.05) is 42.6 Å². The average molecular weight is 365 g/mol. The number of hydrogen-bond acceptors (Lipinski definition) is 5. The number of thioether (sulfide) groups is 1. The van der Waals surface area contributed by atoms with Crippen LogP contribution in [0.25, 0.3) is 0 Å². The van der Waals surface area contributed by atoms with E-state index in [1.165, 1.54) is 17.8 Å². The maximum atomic E-state index is 12.8. The summed E-state index contributed by atoms with van der Waals surface area (Å²) in [5.74, 6) is -0.305. The summed E-state index contributed by atoms with van der Waals surface area (Å²) >= 11 is 1.43. The summed E-state index contributed by atoms with van der Waals surface area (Å²) in [6, 6.07) is 4.58. The van der Waals surface area contributed by atoms with Gasteiger partial charge < -0.3 is 9.80 Å². The van der Waals surface area contributed by atoms with Gasteiger partial charge in [0.15, 0.2) is 0 Å². The second-order valence-corrected chi connectivity index (χ2v) is 7.85. The first-order valence-electron chi connectivity index (χ1n) is 8.06. The molecule has 1 aliphatic heterocycles. The molecule has 0 radical (unpaired) electrons. The Bertz CT molecular complexity index is 692. The first-order chi connectivity index (χ1) is 11.6. The van der Waals surface area contributed by atoms with Crippen molar-refractivity contribution in [2.75, 3.05) is 32.4 Å². The van der Waals surface area contributed by atoms with Crippen molar-refractivity contribution in [3.63, 3.8) is 0 Å². The van der Waals surface area contributed by atoms with Crippen LogP contribution in [-0.4, -0.2) is 59.0 Å². The molecule has 2 rings (SSSR count). The molecule has 1 heterocycles. The van der Waals surface area contributed by atoms with Gasteiger partial charge in [0.25, 0.3) is 11.6 Å². The summed E-state index contributed by atoms with van der Waals surface area (Å²) in [5.41, 5.74) is -0.541. The lowest BCUT2D eigenvalue weighted by atomic mass is 9.94. The van der Waals surface area contributed by atoms with Gasteiger partial charge in [-0.2, -0.15) is 0 Å². The van der Waals surface area contributed by atoms with E-state index < -0.39 is 10.3 Å². The van der Waals surface area contributed by atoms with E-state index in [4.69, 9.17) is 0 Å². The summed E-state index contributed by atoms with van der Waals surface area (Å²) < 4.78 is 0. The minimum atomic E-state index is -0.531. The Kier molecular flexibility index (Phi) is 5.72. The minimum Gasteiger partial charge on any atom is -0.339 e. The van der Waals surface area contributed by atoms with E-state index in [0.717, 1.165) is 4.90 Å². The van der Waals surface area contributed by atoms with Gasteiger partial charge >= 0.3 is 0 Å². The Morgan fingerprint density at radius 3 is 2.16 bits per heavy atom. The Hall–Kier alpha value is -2.09. The highest BCUT2D eigenvalue weighted by molar-refractivity contribution is 7.98. The van der Waals surface area contributed by atoms with Crippen LogP contribution in [0.2, 0.25) is 0 Å². The molecule has 1 saturated heterocycles. The molecule has 0 aliphatic carbocycles. The summed E-state index contributed by atoms with van der Waals surface area (Å²) in [6.45, 7) is 7.23. The highest BCUT2D eigenvalue weighted by Gasteiger charge is 2.32. The number of nitro groups is 1. The average Bonchev–Trinajstić information content (AvgIpc) is 2.59. The first kappa shape index (κ1) is 19.2. The van der Waals surface area contributed by atoms with Crippen LogP contribution in [0.1, 0.15) is 31.1 Å². The maximum Gasteiger partial charge on any atom is 0.282 e. The van der Waals surface area contributed by atoms with Crippen molar-refractivity contribution in [1.29, 1.82) is 0 Å². The summed E-state index contributed by atoms with van der Waals surface area (Å²) in [4.78, 5) is 39.9. The molecular formula is C17H23N3O4S. The molecule has 1 aromatic rings. The number of carbonyl (C=O) groups excluding carboxylic acids is 2. The van der Waals surface area contributed by atoms with Crippen LogP contribution < -0.4 is 0 Å². The van der Waals surface area contributed by atoms with Gasteiger partial charge in [-0.15, -0.1) is 11.8 Å². The topological polar surface area (TPSA) is 83.8 Å². The van der Waals surface area contributed by atoms with Crippen molar-refractivity contribution in [1.82, 2.24) is 9.80 Å². The third-order valence-corrected chi connectivity index (χ3v) is 4.85. The molecule has 0 spiro atoms. The number of amides is 2. The highest BCUT2D eigenvalue weighted by atomic mass is 32.2. The molecule has 0 N–H and O–H groups in total. The third-order valence-electron chi connectivity index (χ3n) is 4.13. The second-order valence-electron chi connectivity index (χ2n) is 6.97. The van der Waals surface area contributed by atoms with Crippen LogP contribution in [0.4, 0.5) is 5.69 Å². The highest BCUT2D eigenvalue weighted by Crippen LogP contribution is 2.27. The van der Waals surface area contributed by atoms with E-state index in [2.05, 4.69) is 0 Å². The minimum absolute atomic E-state index is 0.0509. The molecule has 0 aromatic heterocycles. The van der Waals surface area contributed by atoms with E-state index in [0.29, 0.717) is 26.2 Å². The molecule has 2 amide bonds. The van der Waals surface area contributed by atoms with Gasteiger partial charge in [0.2, 0.25) is 5.91 Å². The summed E-state index contributed by atoms with van der Waals surface area (Å²) in [5, 5.41) is 11.2. The predicted octanol–water partition coefficient (Wildman–Crippen LogP) is 2.65. The van der Waals surface area contributed by atoms with Crippen molar-refractivity contribution < 1.29 is 14.5 Å². The number of piperazine rings is 1. The van der Waals surface area contributed by atoms with Crippen LogP contribution in [-0.2, 0) is 4.79 Å². The zero-order chi connectivity index (χ0) is 18.8.